The van der Waals surface area contributed by atoms with Gasteiger partial charge in [0.25, 0.3) is 0 Å². The summed E-state index contributed by atoms with van der Waals surface area (Å²) in [6.45, 7) is 5.15. The van der Waals surface area contributed by atoms with E-state index in [0.29, 0.717) is 5.15 Å². The molecule has 1 N–H and O–H groups in total. The Kier molecular flexibility index (Phi) is 6.12. The highest BCUT2D eigenvalue weighted by atomic mass is 35.5. The summed E-state index contributed by atoms with van der Waals surface area (Å²) in [5.74, 6) is 1.45. The molecule has 1 fully saturated rings. The number of aromatic nitrogens is 2. The largest absolute Gasteiger partial charge is 0.344 e. The lowest BCUT2D eigenvalue weighted by molar-refractivity contribution is 0.377. The van der Waals surface area contributed by atoms with Crippen molar-refractivity contribution in [2.45, 2.75) is 19.8 Å². The van der Waals surface area contributed by atoms with Gasteiger partial charge in [-0.2, -0.15) is 0 Å². The molecule has 0 unspecified atom stereocenters. The van der Waals surface area contributed by atoms with Crippen LogP contribution in [0.2, 0.25) is 5.15 Å². The van der Waals surface area contributed by atoms with Gasteiger partial charge in [0, 0.05) is 25.4 Å². The fraction of sp³-hybridized carbons (Fsp3) is 0.667. The summed E-state index contributed by atoms with van der Waals surface area (Å²) >= 11 is 6.01. The third-order valence-corrected chi connectivity index (χ3v) is 3.61. The van der Waals surface area contributed by atoms with Crippen molar-refractivity contribution in [2.75, 3.05) is 31.6 Å². The third-order valence-electron chi connectivity index (χ3n) is 3.23. The molecule has 1 aliphatic rings. The van der Waals surface area contributed by atoms with Crippen LogP contribution in [0.4, 0.5) is 5.95 Å². The average Bonchev–Trinajstić information content (AvgIpc) is 2.34. The molecule has 0 atom stereocenters. The van der Waals surface area contributed by atoms with Crippen molar-refractivity contribution in [3.8, 4) is 0 Å². The van der Waals surface area contributed by atoms with Crippen LogP contribution in [-0.2, 0) is 0 Å². The first-order valence-corrected chi connectivity index (χ1v) is 6.45. The number of hydrogen-bond acceptors (Lipinski definition) is 4. The maximum absolute atomic E-state index is 6.01. The van der Waals surface area contributed by atoms with Crippen molar-refractivity contribution in [1.82, 2.24) is 15.3 Å². The summed E-state index contributed by atoms with van der Waals surface area (Å²) in [6, 6.07) is 0. The van der Waals surface area contributed by atoms with Crippen LogP contribution in [0.25, 0.3) is 0 Å². The molecule has 0 aromatic carbocycles. The summed E-state index contributed by atoms with van der Waals surface area (Å²) in [4.78, 5) is 10.7. The van der Waals surface area contributed by atoms with Gasteiger partial charge in [-0.1, -0.05) is 11.6 Å². The van der Waals surface area contributed by atoms with E-state index in [9.17, 15) is 0 Å². The van der Waals surface area contributed by atoms with Crippen LogP contribution in [0.5, 0.6) is 0 Å². The molecule has 1 aliphatic heterocycles. The summed E-state index contributed by atoms with van der Waals surface area (Å²) in [5, 5.41) is 3.92. The lowest BCUT2D eigenvalue weighted by Crippen LogP contribution is -2.35. The molecule has 0 amide bonds. The first-order valence-electron chi connectivity index (χ1n) is 6.08. The number of aryl methyl sites for hydroxylation is 1. The molecule has 2 rings (SSSR count). The quantitative estimate of drug-likeness (QED) is 0.868. The minimum Gasteiger partial charge on any atom is -0.344 e. The molecule has 1 saturated heterocycles. The topological polar surface area (TPSA) is 41.1 Å². The lowest BCUT2D eigenvalue weighted by atomic mass is 9.98. The molecule has 4 nitrogen and oxygen atoms in total. The van der Waals surface area contributed by atoms with E-state index in [2.05, 4.69) is 20.2 Å². The van der Waals surface area contributed by atoms with E-state index in [1.165, 1.54) is 12.8 Å². The number of anilines is 1. The summed E-state index contributed by atoms with van der Waals surface area (Å²) in [5.41, 5.74) is 0.922. The third kappa shape index (κ3) is 3.97. The molecule has 0 bridgehead atoms. The van der Waals surface area contributed by atoms with Crippen molar-refractivity contribution in [3.05, 3.63) is 16.9 Å². The minimum absolute atomic E-state index is 0. The van der Waals surface area contributed by atoms with Crippen LogP contribution >= 0.6 is 24.0 Å². The van der Waals surface area contributed by atoms with E-state index in [1.54, 1.807) is 6.20 Å². The molecule has 0 spiro atoms. The molecule has 2 heterocycles. The van der Waals surface area contributed by atoms with Crippen molar-refractivity contribution in [1.29, 1.82) is 0 Å². The smallest absolute Gasteiger partial charge is 0.226 e. The van der Waals surface area contributed by atoms with Crippen LogP contribution in [-0.4, -0.2) is 36.6 Å². The molecular formula is C12H20Cl2N4. The highest BCUT2D eigenvalue weighted by molar-refractivity contribution is 6.30. The Morgan fingerprint density at radius 1 is 1.44 bits per heavy atom. The van der Waals surface area contributed by atoms with Crippen LogP contribution in [0, 0.1) is 12.8 Å². The van der Waals surface area contributed by atoms with Crippen LogP contribution in [0.15, 0.2) is 6.20 Å². The molecule has 102 valence electrons. The van der Waals surface area contributed by atoms with Gasteiger partial charge in [0.1, 0.15) is 5.15 Å². The van der Waals surface area contributed by atoms with Crippen LogP contribution < -0.4 is 10.2 Å². The Labute approximate surface area is 120 Å². The Morgan fingerprint density at radius 2 is 2.11 bits per heavy atom. The second-order valence-corrected chi connectivity index (χ2v) is 5.08. The van der Waals surface area contributed by atoms with Crippen molar-refractivity contribution in [2.24, 2.45) is 5.92 Å². The molecule has 1 aromatic rings. The van der Waals surface area contributed by atoms with Crippen molar-refractivity contribution < 1.29 is 0 Å². The number of nitrogens with one attached hydrogen (secondary N) is 1. The highest BCUT2D eigenvalue weighted by Crippen LogP contribution is 2.18. The zero-order valence-corrected chi connectivity index (χ0v) is 12.4. The highest BCUT2D eigenvalue weighted by Gasteiger charge is 2.16. The normalized spacial score (nSPS) is 16.2. The van der Waals surface area contributed by atoms with Crippen LogP contribution in [0.1, 0.15) is 18.4 Å². The van der Waals surface area contributed by atoms with Crippen molar-refractivity contribution >= 4 is 30.0 Å². The van der Waals surface area contributed by atoms with Gasteiger partial charge in [-0.05, 0) is 38.8 Å². The minimum atomic E-state index is 0. The average molecular weight is 291 g/mol. The second kappa shape index (κ2) is 7.12. The number of rotatable bonds is 3. The summed E-state index contributed by atoms with van der Waals surface area (Å²) in [6.07, 6.45) is 4.23. The van der Waals surface area contributed by atoms with Gasteiger partial charge >= 0.3 is 0 Å². The zero-order chi connectivity index (χ0) is 12.3. The van der Waals surface area contributed by atoms with E-state index in [0.717, 1.165) is 37.1 Å². The van der Waals surface area contributed by atoms with Gasteiger partial charge in [0.2, 0.25) is 5.95 Å². The zero-order valence-electron chi connectivity index (χ0n) is 10.8. The Bertz CT molecular complexity index is 380. The standard InChI is InChI=1S/C12H19ClN4.ClH/c1-9-7-15-12(16-11(9)13)17(2)8-10-3-5-14-6-4-10;/h7,10,14H,3-6,8H2,1-2H3;1H. The van der Waals surface area contributed by atoms with Gasteiger partial charge < -0.3 is 10.2 Å². The van der Waals surface area contributed by atoms with E-state index < -0.39 is 0 Å². The van der Waals surface area contributed by atoms with Gasteiger partial charge in [0.05, 0.1) is 0 Å². The molecule has 0 aliphatic carbocycles. The number of nitrogens with zero attached hydrogens (tertiary/aromatic N) is 3. The van der Waals surface area contributed by atoms with E-state index in [4.69, 9.17) is 11.6 Å². The van der Waals surface area contributed by atoms with Gasteiger partial charge in [-0.3, -0.25) is 0 Å². The lowest BCUT2D eigenvalue weighted by Gasteiger charge is -2.27. The van der Waals surface area contributed by atoms with Crippen molar-refractivity contribution in [3.63, 3.8) is 0 Å². The van der Waals surface area contributed by atoms with Gasteiger partial charge in [-0.25, -0.2) is 9.97 Å². The second-order valence-electron chi connectivity index (χ2n) is 4.72. The predicted octanol–water partition coefficient (Wildman–Crippen LogP) is 2.30. The molecule has 0 radical (unpaired) electrons. The SMILES string of the molecule is Cc1cnc(N(C)CC2CCNCC2)nc1Cl.Cl. The fourth-order valence-corrected chi connectivity index (χ4v) is 2.25. The molecular weight excluding hydrogens is 271 g/mol. The predicted molar refractivity (Wildman–Crippen MR) is 77.9 cm³/mol. The van der Waals surface area contributed by atoms with Gasteiger partial charge in [-0.15, -0.1) is 12.4 Å². The van der Waals surface area contributed by atoms with Crippen LogP contribution in [0.3, 0.4) is 0 Å². The molecule has 0 saturated carbocycles. The Hall–Kier alpha value is -0.580. The Morgan fingerprint density at radius 3 is 2.72 bits per heavy atom. The first-order chi connectivity index (χ1) is 8.16. The molecule has 1 aromatic heterocycles. The maximum atomic E-state index is 6.01. The number of hydrogen-bond donors (Lipinski definition) is 1. The Balaban J connectivity index is 0.00000162. The summed E-state index contributed by atoms with van der Waals surface area (Å²) < 4.78 is 0. The maximum Gasteiger partial charge on any atom is 0.226 e. The van der Waals surface area contributed by atoms with E-state index >= 15 is 0 Å². The first kappa shape index (κ1) is 15.5. The van der Waals surface area contributed by atoms with E-state index in [-0.39, 0.29) is 12.4 Å². The molecule has 18 heavy (non-hydrogen) atoms. The summed E-state index contributed by atoms with van der Waals surface area (Å²) in [7, 11) is 2.03. The van der Waals surface area contributed by atoms with E-state index in [1.807, 2.05) is 14.0 Å². The fourth-order valence-electron chi connectivity index (χ4n) is 2.13. The monoisotopic (exact) mass is 290 g/mol. The number of piperidine rings is 1. The van der Waals surface area contributed by atoms with Gasteiger partial charge in [0.15, 0.2) is 0 Å². The number of halogens is 2. The molecule has 6 heteroatoms.